The highest BCUT2D eigenvalue weighted by atomic mass is 19.3. The van der Waals surface area contributed by atoms with Crippen LogP contribution in [-0.2, 0) is 0 Å². The molecule has 0 aliphatic carbocycles. The first kappa shape index (κ1) is 17.5. The number of nitrogens with zero attached hydrogens (tertiary/aromatic N) is 3. The first-order chi connectivity index (χ1) is 12.4. The Morgan fingerprint density at radius 3 is 2.38 bits per heavy atom. The number of benzene rings is 2. The number of rotatable bonds is 5. The summed E-state index contributed by atoms with van der Waals surface area (Å²) >= 11 is 0. The van der Waals surface area contributed by atoms with Crippen molar-refractivity contribution >= 4 is 11.6 Å². The second-order valence-corrected chi connectivity index (χ2v) is 5.72. The Balaban J connectivity index is 1.73. The van der Waals surface area contributed by atoms with Crippen LogP contribution in [0.3, 0.4) is 0 Å². The minimum atomic E-state index is -2.88. The average molecular weight is 358 g/mol. The van der Waals surface area contributed by atoms with Gasteiger partial charge in [-0.2, -0.15) is 8.78 Å². The zero-order valence-corrected chi connectivity index (χ0v) is 14.1. The maximum atomic E-state index is 12.3. The smallest absolute Gasteiger partial charge is 0.387 e. The maximum absolute atomic E-state index is 12.3. The Labute approximate surface area is 148 Å². The van der Waals surface area contributed by atoms with E-state index in [9.17, 15) is 13.6 Å². The van der Waals surface area contributed by atoms with Gasteiger partial charge in [-0.25, -0.2) is 9.67 Å². The van der Waals surface area contributed by atoms with Gasteiger partial charge in [0.1, 0.15) is 12.1 Å². The van der Waals surface area contributed by atoms with Gasteiger partial charge in [-0.1, -0.05) is 6.07 Å². The fourth-order valence-corrected chi connectivity index (χ4v) is 2.51. The lowest BCUT2D eigenvalue weighted by atomic mass is 10.1. The van der Waals surface area contributed by atoms with Gasteiger partial charge >= 0.3 is 6.61 Å². The van der Waals surface area contributed by atoms with Crippen molar-refractivity contribution in [3.63, 3.8) is 0 Å². The molecule has 0 aliphatic rings. The van der Waals surface area contributed by atoms with Crippen molar-refractivity contribution in [1.29, 1.82) is 0 Å². The summed E-state index contributed by atoms with van der Waals surface area (Å²) in [6.45, 7) is 1.00. The Morgan fingerprint density at radius 1 is 1.12 bits per heavy atom. The van der Waals surface area contributed by atoms with Gasteiger partial charge in [0.2, 0.25) is 5.82 Å². The van der Waals surface area contributed by atoms with Crippen LogP contribution in [-0.4, -0.2) is 27.3 Å². The standard InChI is InChI=1S/C18H16F2N4O2/c1-11-7-12(2)9-13(8-11)22-17(25)16-21-10-24(23-16)14-3-5-15(6-4-14)26-18(19)20/h3-10,18H,1-2H3,(H,22,25). The molecule has 1 N–H and O–H groups in total. The van der Waals surface area contributed by atoms with Crippen molar-refractivity contribution < 1.29 is 18.3 Å². The van der Waals surface area contributed by atoms with Gasteiger partial charge in [0.15, 0.2) is 0 Å². The van der Waals surface area contributed by atoms with Crippen molar-refractivity contribution in [3.8, 4) is 11.4 Å². The molecule has 0 atom stereocenters. The summed E-state index contributed by atoms with van der Waals surface area (Å²) in [5, 5.41) is 6.87. The van der Waals surface area contributed by atoms with Gasteiger partial charge in [-0.05, 0) is 61.4 Å². The number of carbonyl (C=O) groups is 1. The van der Waals surface area contributed by atoms with Crippen molar-refractivity contribution in [3.05, 3.63) is 65.7 Å². The van der Waals surface area contributed by atoms with E-state index in [-0.39, 0.29) is 11.6 Å². The number of hydrogen-bond acceptors (Lipinski definition) is 4. The molecule has 0 bridgehead atoms. The number of ether oxygens (including phenoxy) is 1. The van der Waals surface area contributed by atoms with Crippen molar-refractivity contribution in [2.75, 3.05) is 5.32 Å². The Kier molecular flexibility index (Phi) is 4.92. The molecule has 0 unspecified atom stereocenters. The van der Waals surface area contributed by atoms with Gasteiger partial charge < -0.3 is 10.1 Å². The van der Waals surface area contributed by atoms with E-state index in [1.54, 1.807) is 0 Å². The molecule has 3 aromatic rings. The number of aryl methyl sites for hydroxylation is 2. The quantitative estimate of drug-likeness (QED) is 0.754. The van der Waals surface area contributed by atoms with Crippen molar-refractivity contribution in [2.24, 2.45) is 0 Å². The zero-order valence-electron chi connectivity index (χ0n) is 14.1. The molecule has 6 nitrogen and oxygen atoms in total. The zero-order chi connectivity index (χ0) is 18.7. The van der Waals surface area contributed by atoms with Crippen LogP contribution < -0.4 is 10.1 Å². The molecule has 0 aliphatic heterocycles. The molecule has 0 saturated heterocycles. The predicted octanol–water partition coefficient (Wildman–Crippen LogP) is 3.74. The minimum absolute atomic E-state index is 0.00272. The van der Waals surface area contributed by atoms with Crippen molar-refractivity contribution in [1.82, 2.24) is 14.8 Å². The third kappa shape index (κ3) is 4.21. The lowest BCUT2D eigenvalue weighted by molar-refractivity contribution is -0.0498. The van der Waals surface area contributed by atoms with Crippen LogP contribution in [0, 0.1) is 13.8 Å². The molecule has 1 amide bonds. The van der Waals surface area contributed by atoms with Crippen LogP contribution in [0.5, 0.6) is 5.75 Å². The number of aromatic nitrogens is 3. The minimum Gasteiger partial charge on any atom is -0.435 e. The first-order valence-electron chi connectivity index (χ1n) is 7.77. The summed E-state index contributed by atoms with van der Waals surface area (Å²) in [4.78, 5) is 16.3. The molecular formula is C18H16F2N4O2. The molecule has 1 aromatic heterocycles. The molecule has 0 saturated carbocycles. The second-order valence-electron chi connectivity index (χ2n) is 5.72. The molecule has 2 aromatic carbocycles. The molecule has 0 spiro atoms. The molecule has 0 radical (unpaired) electrons. The molecule has 26 heavy (non-hydrogen) atoms. The largest absolute Gasteiger partial charge is 0.435 e. The highest BCUT2D eigenvalue weighted by Gasteiger charge is 2.13. The van der Waals surface area contributed by atoms with E-state index < -0.39 is 12.5 Å². The lowest BCUT2D eigenvalue weighted by Crippen LogP contribution is -2.14. The monoisotopic (exact) mass is 358 g/mol. The van der Waals surface area contributed by atoms with E-state index in [1.165, 1.54) is 35.3 Å². The van der Waals surface area contributed by atoms with E-state index in [2.05, 4.69) is 20.1 Å². The number of carbonyl (C=O) groups excluding carboxylic acids is 1. The van der Waals surface area contributed by atoms with Gasteiger partial charge in [-0.3, -0.25) is 4.79 Å². The van der Waals surface area contributed by atoms with Gasteiger partial charge in [0, 0.05) is 5.69 Å². The number of alkyl halides is 2. The SMILES string of the molecule is Cc1cc(C)cc(NC(=O)c2ncn(-c3ccc(OC(F)F)cc3)n2)c1. The maximum Gasteiger partial charge on any atom is 0.387 e. The third-order valence-electron chi connectivity index (χ3n) is 3.50. The normalized spacial score (nSPS) is 10.8. The third-order valence-corrected chi connectivity index (χ3v) is 3.50. The summed E-state index contributed by atoms with van der Waals surface area (Å²) < 4.78 is 30.0. The summed E-state index contributed by atoms with van der Waals surface area (Å²) in [5.41, 5.74) is 3.29. The van der Waals surface area contributed by atoms with Crippen LogP contribution in [0.4, 0.5) is 14.5 Å². The summed E-state index contributed by atoms with van der Waals surface area (Å²) in [6, 6.07) is 11.6. The van der Waals surface area contributed by atoms with Crippen LogP contribution in [0.1, 0.15) is 21.7 Å². The number of nitrogens with one attached hydrogen (secondary N) is 1. The van der Waals surface area contributed by atoms with E-state index in [1.807, 2.05) is 32.0 Å². The fourth-order valence-electron chi connectivity index (χ4n) is 2.51. The molecule has 0 fully saturated rings. The summed E-state index contributed by atoms with van der Waals surface area (Å²) in [6.07, 6.45) is 1.37. The molecule has 134 valence electrons. The summed E-state index contributed by atoms with van der Waals surface area (Å²) in [7, 11) is 0. The highest BCUT2D eigenvalue weighted by Crippen LogP contribution is 2.17. The Bertz CT molecular complexity index is 903. The van der Waals surface area contributed by atoms with Crippen molar-refractivity contribution in [2.45, 2.75) is 20.5 Å². The van der Waals surface area contributed by atoms with Crippen LogP contribution in [0.2, 0.25) is 0 Å². The number of halogens is 2. The average Bonchev–Trinajstić information content (AvgIpc) is 3.04. The van der Waals surface area contributed by atoms with E-state index in [0.29, 0.717) is 11.4 Å². The highest BCUT2D eigenvalue weighted by molar-refractivity contribution is 6.01. The van der Waals surface area contributed by atoms with Crippen LogP contribution >= 0.6 is 0 Å². The molecular weight excluding hydrogens is 342 g/mol. The molecule has 3 rings (SSSR count). The number of hydrogen-bond donors (Lipinski definition) is 1. The van der Waals surface area contributed by atoms with E-state index in [0.717, 1.165) is 11.1 Å². The topological polar surface area (TPSA) is 69.0 Å². The second kappa shape index (κ2) is 7.30. The first-order valence-corrected chi connectivity index (χ1v) is 7.77. The van der Waals surface area contributed by atoms with Crippen LogP contribution in [0.15, 0.2) is 48.8 Å². The van der Waals surface area contributed by atoms with Gasteiger partial charge in [-0.15, -0.1) is 5.10 Å². The summed E-state index contributed by atoms with van der Waals surface area (Å²) in [5.74, 6) is -0.403. The molecule has 8 heteroatoms. The van der Waals surface area contributed by atoms with E-state index in [4.69, 9.17) is 0 Å². The van der Waals surface area contributed by atoms with Crippen LogP contribution in [0.25, 0.3) is 5.69 Å². The number of amides is 1. The van der Waals surface area contributed by atoms with E-state index >= 15 is 0 Å². The van der Waals surface area contributed by atoms with Gasteiger partial charge in [0.05, 0.1) is 5.69 Å². The Hall–Kier alpha value is -3.29. The van der Waals surface area contributed by atoms with Gasteiger partial charge in [0.25, 0.3) is 5.91 Å². The predicted molar refractivity (Wildman–Crippen MR) is 91.9 cm³/mol. The molecule has 1 heterocycles. The Morgan fingerprint density at radius 2 is 1.77 bits per heavy atom. The lowest BCUT2D eigenvalue weighted by Gasteiger charge is -2.06. The number of anilines is 1. The fraction of sp³-hybridized carbons (Fsp3) is 0.167.